The number of hydrogen-bond donors (Lipinski definition) is 0. The molecule has 1 aliphatic heterocycles. The maximum absolute atomic E-state index is 13.3. The van der Waals surface area contributed by atoms with Crippen molar-refractivity contribution in [3.8, 4) is 0 Å². The first-order valence-corrected chi connectivity index (χ1v) is 9.44. The maximum Gasteiger partial charge on any atom is 0.338 e. The number of aryl methyl sites for hydroxylation is 1. The lowest BCUT2D eigenvalue weighted by molar-refractivity contribution is -0.279. The molecule has 0 atom stereocenters. The summed E-state index contributed by atoms with van der Waals surface area (Å²) in [6.07, 6.45) is 1.50. The summed E-state index contributed by atoms with van der Waals surface area (Å²) in [5.74, 6) is -1.92. The van der Waals surface area contributed by atoms with Crippen molar-refractivity contribution in [1.82, 2.24) is 0 Å². The van der Waals surface area contributed by atoms with Gasteiger partial charge in [0.25, 0.3) is 0 Å². The molecule has 4 nitrogen and oxygen atoms in total. The van der Waals surface area contributed by atoms with Crippen LogP contribution in [0.1, 0.15) is 41.8 Å². The Labute approximate surface area is 164 Å². The number of rotatable bonds is 6. The van der Waals surface area contributed by atoms with Crippen LogP contribution in [0, 0.1) is 5.82 Å². The van der Waals surface area contributed by atoms with Gasteiger partial charge in [-0.15, -0.1) is 0 Å². The van der Waals surface area contributed by atoms with E-state index in [0.717, 1.165) is 12.8 Å². The van der Waals surface area contributed by atoms with E-state index in [4.69, 9.17) is 14.2 Å². The molecular formula is C23H25FO4. The van der Waals surface area contributed by atoms with Gasteiger partial charge in [-0.05, 0) is 48.7 Å². The predicted molar refractivity (Wildman–Crippen MR) is 104 cm³/mol. The van der Waals surface area contributed by atoms with Gasteiger partial charge in [0.1, 0.15) is 11.9 Å². The first-order chi connectivity index (χ1) is 13.4. The molecule has 0 unspecified atom stereocenters. The molecule has 2 aromatic rings. The van der Waals surface area contributed by atoms with Crippen LogP contribution in [-0.2, 0) is 26.4 Å². The summed E-state index contributed by atoms with van der Waals surface area (Å²) in [5, 5.41) is 0. The molecule has 0 aliphatic carbocycles. The van der Waals surface area contributed by atoms with Crippen LogP contribution in [0.2, 0.25) is 0 Å². The lowest BCUT2D eigenvalue weighted by Crippen LogP contribution is -2.46. The lowest BCUT2D eigenvalue weighted by Gasteiger charge is -2.40. The van der Waals surface area contributed by atoms with Crippen LogP contribution >= 0.6 is 0 Å². The van der Waals surface area contributed by atoms with E-state index < -0.39 is 17.9 Å². The Kier molecular flexibility index (Phi) is 6.27. The van der Waals surface area contributed by atoms with Gasteiger partial charge in [0.05, 0.1) is 18.8 Å². The summed E-state index contributed by atoms with van der Waals surface area (Å²) >= 11 is 0. The standard InChI is InChI=1S/C23H25FO4/c1-4-5-17-6-8-18(9-7-17)22(25)28-21-14-26-23(16(2)3,27-15-21)19-10-12-20(24)13-11-19/h6-13,21H,2,4-5,14-15H2,1,3H3. The maximum atomic E-state index is 13.3. The third-order valence-corrected chi connectivity index (χ3v) is 4.73. The number of esters is 1. The fourth-order valence-corrected chi connectivity index (χ4v) is 3.22. The SMILES string of the molecule is C=C(C)C1(c2ccc(F)cc2)OCC(OC(=O)c2ccc(CCC)cc2)CO1. The minimum absolute atomic E-state index is 0.157. The second-order valence-corrected chi connectivity index (χ2v) is 7.00. The van der Waals surface area contributed by atoms with Gasteiger partial charge in [0, 0.05) is 5.56 Å². The predicted octanol–water partition coefficient (Wildman–Crippen LogP) is 4.78. The molecule has 0 N–H and O–H groups in total. The molecule has 148 valence electrons. The van der Waals surface area contributed by atoms with Crippen molar-refractivity contribution in [2.45, 2.75) is 38.6 Å². The highest BCUT2D eigenvalue weighted by Gasteiger charge is 2.41. The number of benzene rings is 2. The molecule has 0 saturated carbocycles. The van der Waals surface area contributed by atoms with Gasteiger partial charge in [-0.25, -0.2) is 9.18 Å². The van der Waals surface area contributed by atoms with Crippen LogP contribution in [0.15, 0.2) is 60.7 Å². The molecule has 0 amide bonds. The number of halogens is 1. The highest BCUT2D eigenvalue weighted by molar-refractivity contribution is 5.89. The second kappa shape index (κ2) is 8.67. The number of hydrogen-bond acceptors (Lipinski definition) is 4. The Morgan fingerprint density at radius 1 is 1.14 bits per heavy atom. The molecule has 28 heavy (non-hydrogen) atoms. The summed E-state index contributed by atoms with van der Waals surface area (Å²) in [5.41, 5.74) is 2.97. The Balaban J connectivity index is 1.64. The van der Waals surface area contributed by atoms with E-state index in [1.54, 1.807) is 31.2 Å². The molecule has 5 heteroatoms. The summed E-state index contributed by atoms with van der Waals surface area (Å²) in [6, 6.07) is 13.3. The Morgan fingerprint density at radius 3 is 2.29 bits per heavy atom. The molecule has 0 aromatic heterocycles. The van der Waals surface area contributed by atoms with Crippen LogP contribution in [0.25, 0.3) is 0 Å². The first kappa shape index (κ1) is 20.2. The monoisotopic (exact) mass is 384 g/mol. The molecular weight excluding hydrogens is 359 g/mol. The average Bonchev–Trinajstić information content (AvgIpc) is 2.70. The fourth-order valence-electron chi connectivity index (χ4n) is 3.22. The van der Waals surface area contributed by atoms with Gasteiger partial charge in [0.15, 0.2) is 0 Å². The van der Waals surface area contributed by atoms with E-state index in [1.807, 2.05) is 12.1 Å². The highest BCUT2D eigenvalue weighted by atomic mass is 19.1. The molecule has 1 heterocycles. The van der Waals surface area contributed by atoms with Crippen LogP contribution < -0.4 is 0 Å². The zero-order valence-electron chi connectivity index (χ0n) is 16.2. The molecule has 0 bridgehead atoms. The Morgan fingerprint density at radius 2 is 1.75 bits per heavy atom. The van der Waals surface area contributed by atoms with E-state index >= 15 is 0 Å². The smallest absolute Gasteiger partial charge is 0.338 e. The van der Waals surface area contributed by atoms with Crippen molar-refractivity contribution in [2.24, 2.45) is 0 Å². The molecule has 0 radical (unpaired) electrons. The Hall–Kier alpha value is -2.50. The highest BCUT2D eigenvalue weighted by Crippen LogP contribution is 2.37. The van der Waals surface area contributed by atoms with Gasteiger partial charge < -0.3 is 14.2 Å². The van der Waals surface area contributed by atoms with Crippen LogP contribution in [0.5, 0.6) is 0 Å². The topological polar surface area (TPSA) is 44.8 Å². The quantitative estimate of drug-likeness (QED) is 0.531. The zero-order valence-corrected chi connectivity index (χ0v) is 16.2. The number of carbonyl (C=O) groups excluding carboxylic acids is 1. The molecule has 0 spiro atoms. The van der Waals surface area contributed by atoms with Crippen molar-refractivity contribution < 1.29 is 23.4 Å². The molecule has 1 fully saturated rings. The van der Waals surface area contributed by atoms with Crippen LogP contribution in [0.4, 0.5) is 4.39 Å². The van der Waals surface area contributed by atoms with Gasteiger partial charge in [-0.2, -0.15) is 0 Å². The minimum Gasteiger partial charge on any atom is -0.454 e. The molecule has 2 aromatic carbocycles. The second-order valence-electron chi connectivity index (χ2n) is 7.00. The van der Waals surface area contributed by atoms with E-state index in [9.17, 15) is 9.18 Å². The van der Waals surface area contributed by atoms with Crippen LogP contribution in [0.3, 0.4) is 0 Å². The van der Waals surface area contributed by atoms with Crippen molar-refractivity contribution in [1.29, 1.82) is 0 Å². The van der Waals surface area contributed by atoms with E-state index in [0.29, 0.717) is 16.7 Å². The largest absolute Gasteiger partial charge is 0.454 e. The van der Waals surface area contributed by atoms with Crippen molar-refractivity contribution in [3.63, 3.8) is 0 Å². The lowest BCUT2D eigenvalue weighted by atomic mass is 9.98. The molecule has 3 rings (SSSR count). The third kappa shape index (κ3) is 4.32. The summed E-state index contributed by atoms with van der Waals surface area (Å²) in [7, 11) is 0. The van der Waals surface area contributed by atoms with Gasteiger partial charge in [0.2, 0.25) is 5.79 Å². The third-order valence-electron chi connectivity index (χ3n) is 4.73. The summed E-state index contributed by atoms with van der Waals surface area (Å²) in [6.45, 7) is 8.17. The van der Waals surface area contributed by atoms with E-state index in [-0.39, 0.29) is 19.0 Å². The molecule has 1 saturated heterocycles. The normalized spacial score (nSPS) is 21.9. The summed E-state index contributed by atoms with van der Waals surface area (Å²) in [4.78, 5) is 12.4. The van der Waals surface area contributed by atoms with Crippen molar-refractivity contribution in [3.05, 3.63) is 83.2 Å². The fraction of sp³-hybridized carbons (Fsp3) is 0.348. The van der Waals surface area contributed by atoms with Gasteiger partial charge >= 0.3 is 5.97 Å². The number of carbonyl (C=O) groups is 1. The van der Waals surface area contributed by atoms with Crippen molar-refractivity contribution >= 4 is 5.97 Å². The van der Waals surface area contributed by atoms with Gasteiger partial charge in [-0.3, -0.25) is 0 Å². The van der Waals surface area contributed by atoms with E-state index in [1.165, 1.54) is 17.7 Å². The van der Waals surface area contributed by atoms with Gasteiger partial charge in [-0.1, -0.05) is 44.2 Å². The van der Waals surface area contributed by atoms with Crippen LogP contribution in [-0.4, -0.2) is 25.3 Å². The minimum atomic E-state index is -1.17. The average molecular weight is 384 g/mol. The van der Waals surface area contributed by atoms with Crippen molar-refractivity contribution in [2.75, 3.05) is 13.2 Å². The molecule has 1 aliphatic rings. The first-order valence-electron chi connectivity index (χ1n) is 9.44. The Bertz CT molecular complexity index is 819. The zero-order chi connectivity index (χ0) is 20.1. The van der Waals surface area contributed by atoms with E-state index in [2.05, 4.69) is 13.5 Å². The summed E-state index contributed by atoms with van der Waals surface area (Å²) < 4.78 is 30.6. The number of ether oxygens (including phenoxy) is 3.